The van der Waals surface area contributed by atoms with Gasteiger partial charge in [0.05, 0.1) is 4.90 Å². The lowest BCUT2D eigenvalue weighted by Gasteiger charge is -2.16. The first kappa shape index (κ1) is 13.5. The van der Waals surface area contributed by atoms with Crippen LogP contribution in [0.3, 0.4) is 0 Å². The summed E-state index contributed by atoms with van der Waals surface area (Å²) >= 11 is 0. The van der Waals surface area contributed by atoms with Crippen LogP contribution in [0, 0.1) is 5.82 Å². The number of carbonyl (C=O) groups is 1. The minimum Gasteiger partial charge on any atom is -0.338 e. The average Bonchev–Trinajstić information content (AvgIpc) is 3.14. The molecule has 1 aliphatic carbocycles. The number of amides is 1. The van der Waals surface area contributed by atoms with Gasteiger partial charge in [-0.15, -0.1) is 0 Å². The first-order valence-corrected chi connectivity index (χ1v) is 8.01. The van der Waals surface area contributed by atoms with Gasteiger partial charge in [-0.3, -0.25) is 4.79 Å². The van der Waals surface area contributed by atoms with Crippen molar-refractivity contribution < 1.29 is 17.6 Å². The van der Waals surface area contributed by atoms with Crippen LogP contribution in [-0.2, 0) is 14.8 Å². The first-order valence-electron chi connectivity index (χ1n) is 6.53. The summed E-state index contributed by atoms with van der Waals surface area (Å²) in [5, 5.41) is 0. The normalized spacial score (nSPS) is 23.4. The number of hydrogen-bond donors (Lipinski definition) is 1. The van der Waals surface area contributed by atoms with Gasteiger partial charge >= 0.3 is 0 Å². The molecule has 1 aromatic rings. The highest BCUT2D eigenvalue weighted by Gasteiger charge is 2.40. The molecule has 1 N–H and O–H groups in total. The summed E-state index contributed by atoms with van der Waals surface area (Å²) in [5.74, 6) is -0.616. The number of hydrogen-bond acceptors (Lipinski definition) is 3. The molecule has 1 aromatic carbocycles. The van der Waals surface area contributed by atoms with Crippen LogP contribution in [0.1, 0.15) is 19.3 Å². The summed E-state index contributed by atoms with van der Waals surface area (Å²) in [4.78, 5) is 13.4. The summed E-state index contributed by atoms with van der Waals surface area (Å²) < 4.78 is 39.8. The smallest absolute Gasteiger partial charge is 0.240 e. The van der Waals surface area contributed by atoms with E-state index in [4.69, 9.17) is 0 Å². The van der Waals surface area contributed by atoms with Crippen molar-refractivity contribution in [2.24, 2.45) is 0 Å². The lowest BCUT2D eigenvalue weighted by molar-refractivity contribution is -0.128. The Bertz CT molecular complexity index is 643. The van der Waals surface area contributed by atoms with Gasteiger partial charge in [-0.1, -0.05) is 6.07 Å². The second kappa shape index (κ2) is 4.82. The molecule has 1 saturated carbocycles. The Morgan fingerprint density at radius 1 is 1.30 bits per heavy atom. The predicted octanol–water partition coefficient (Wildman–Crippen LogP) is 0.867. The summed E-state index contributed by atoms with van der Waals surface area (Å²) in [6.07, 6.45) is 2.16. The summed E-state index contributed by atoms with van der Waals surface area (Å²) in [6.45, 7) is 0.401. The largest absolute Gasteiger partial charge is 0.338 e. The van der Waals surface area contributed by atoms with Crippen molar-refractivity contribution in [2.45, 2.75) is 36.2 Å². The van der Waals surface area contributed by atoms with Gasteiger partial charge in [0, 0.05) is 25.0 Å². The Balaban J connectivity index is 1.72. The molecule has 3 rings (SSSR count). The van der Waals surface area contributed by atoms with Crippen molar-refractivity contribution in [2.75, 3.05) is 6.54 Å². The highest BCUT2D eigenvalue weighted by atomic mass is 32.2. The van der Waals surface area contributed by atoms with E-state index in [1.54, 1.807) is 4.90 Å². The highest BCUT2D eigenvalue weighted by Crippen LogP contribution is 2.30. The number of sulfonamides is 1. The molecule has 0 unspecified atom stereocenters. The van der Waals surface area contributed by atoms with E-state index in [0.29, 0.717) is 6.54 Å². The zero-order valence-corrected chi connectivity index (χ0v) is 11.6. The molecule has 0 aromatic heterocycles. The van der Waals surface area contributed by atoms with Crippen LogP contribution < -0.4 is 4.72 Å². The molecule has 20 heavy (non-hydrogen) atoms. The van der Waals surface area contributed by atoms with Gasteiger partial charge in [-0.05, 0) is 31.0 Å². The minimum atomic E-state index is -3.79. The number of rotatable bonds is 4. The van der Waals surface area contributed by atoms with Gasteiger partial charge in [0.15, 0.2) is 0 Å². The van der Waals surface area contributed by atoms with Crippen molar-refractivity contribution in [1.82, 2.24) is 9.62 Å². The van der Waals surface area contributed by atoms with Crippen molar-refractivity contribution >= 4 is 15.9 Å². The first-order chi connectivity index (χ1) is 9.45. The maximum atomic E-state index is 13.1. The second-order valence-electron chi connectivity index (χ2n) is 5.26. The number of carbonyl (C=O) groups excluding carboxylic acids is 1. The quantitative estimate of drug-likeness (QED) is 0.897. The van der Waals surface area contributed by atoms with Gasteiger partial charge in [-0.25, -0.2) is 17.5 Å². The zero-order chi connectivity index (χ0) is 14.3. The van der Waals surface area contributed by atoms with Crippen LogP contribution in [0.15, 0.2) is 29.2 Å². The third-order valence-electron chi connectivity index (χ3n) is 3.57. The topological polar surface area (TPSA) is 66.5 Å². The number of halogens is 1. The van der Waals surface area contributed by atoms with Gasteiger partial charge in [0.2, 0.25) is 15.9 Å². The molecule has 0 bridgehead atoms. The molecule has 2 fully saturated rings. The third kappa shape index (κ3) is 2.69. The Morgan fingerprint density at radius 2 is 2.05 bits per heavy atom. The van der Waals surface area contributed by atoms with Crippen molar-refractivity contribution in [3.8, 4) is 0 Å². The molecule has 1 amide bonds. The maximum Gasteiger partial charge on any atom is 0.240 e. The zero-order valence-electron chi connectivity index (χ0n) is 10.8. The van der Waals surface area contributed by atoms with Crippen molar-refractivity contribution in [3.63, 3.8) is 0 Å². The van der Waals surface area contributed by atoms with E-state index in [1.807, 2.05) is 0 Å². The molecule has 1 heterocycles. The van der Waals surface area contributed by atoms with Crippen LogP contribution in [0.25, 0.3) is 0 Å². The fourth-order valence-electron chi connectivity index (χ4n) is 2.47. The number of likely N-dealkylation sites (tertiary alicyclic amines) is 1. The van der Waals surface area contributed by atoms with Gasteiger partial charge in [-0.2, -0.15) is 0 Å². The standard InChI is InChI=1S/C13H15FN2O3S/c14-9-2-1-3-12(6-9)20(18,19)15-10-7-13(17)16(8-10)11-4-5-11/h1-3,6,10-11,15H,4-5,7-8H2/t10-/m0/s1. The second-order valence-corrected chi connectivity index (χ2v) is 6.97. The van der Waals surface area contributed by atoms with E-state index in [1.165, 1.54) is 18.2 Å². The molecule has 2 aliphatic rings. The van der Waals surface area contributed by atoms with E-state index in [0.717, 1.165) is 18.9 Å². The van der Waals surface area contributed by atoms with E-state index >= 15 is 0 Å². The van der Waals surface area contributed by atoms with Gasteiger partial charge in [0.1, 0.15) is 5.82 Å². The fourth-order valence-corrected chi connectivity index (χ4v) is 3.73. The van der Waals surface area contributed by atoms with Gasteiger partial charge < -0.3 is 4.90 Å². The van der Waals surface area contributed by atoms with Crippen LogP contribution >= 0.6 is 0 Å². The third-order valence-corrected chi connectivity index (χ3v) is 5.09. The SMILES string of the molecule is O=C1C[C@H](NS(=O)(=O)c2cccc(F)c2)CN1C1CC1. The van der Waals surface area contributed by atoms with E-state index in [9.17, 15) is 17.6 Å². The lowest BCUT2D eigenvalue weighted by Crippen LogP contribution is -2.37. The maximum absolute atomic E-state index is 13.1. The average molecular weight is 298 g/mol. The van der Waals surface area contributed by atoms with Crippen molar-refractivity contribution in [3.05, 3.63) is 30.1 Å². The highest BCUT2D eigenvalue weighted by molar-refractivity contribution is 7.89. The van der Waals surface area contributed by atoms with Crippen LogP contribution in [0.5, 0.6) is 0 Å². The molecule has 1 atom stereocenters. The molecule has 0 spiro atoms. The molecule has 1 aliphatic heterocycles. The summed E-state index contributed by atoms with van der Waals surface area (Å²) in [5.41, 5.74) is 0. The van der Waals surface area contributed by atoms with Crippen LogP contribution in [0.2, 0.25) is 0 Å². The summed E-state index contributed by atoms with van der Waals surface area (Å²) in [7, 11) is -3.79. The van der Waals surface area contributed by atoms with Gasteiger partial charge in [0.25, 0.3) is 0 Å². The van der Waals surface area contributed by atoms with E-state index < -0.39 is 21.9 Å². The monoisotopic (exact) mass is 298 g/mol. The molecule has 1 saturated heterocycles. The van der Waals surface area contributed by atoms with E-state index in [2.05, 4.69) is 4.72 Å². The number of nitrogens with one attached hydrogen (secondary N) is 1. The van der Waals surface area contributed by atoms with Crippen LogP contribution in [-0.4, -0.2) is 37.9 Å². The minimum absolute atomic E-state index is 0.0144. The fraction of sp³-hybridized carbons (Fsp3) is 0.462. The van der Waals surface area contributed by atoms with Crippen molar-refractivity contribution in [1.29, 1.82) is 0 Å². The van der Waals surface area contributed by atoms with E-state index in [-0.39, 0.29) is 23.3 Å². The Morgan fingerprint density at radius 3 is 2.70 bits per heavy atom. The molecule has 5 nitrogen and oxygen atoms in total. The Kier molecular flexibility index (Phi) is 3.25. The number of nitrogens with zero attached hydrogens (tertiary/aromatic N) is 1. The Labute approximate surface area is 116 Å². The molecule has 0 radical (unpaired) electrons. The predicted molar refractivity (Wildman–Crippen MR) is 69.9 cm³/mol. The lowest BCUT2D eigenvalue weighted by atomic mass is 10.3. The molecular weight excluding hydrogens is 283 g/mol. The molecular formula is C13H15FN2O3S. The van der Waals surface area contributed by atoms with Crippen LogP contribution in [0.4, 0.5) is 4.39 Å². The summed E-state index contributed by atoms with van der Waals surface area (Å²) in [6, 6.07) is 4.69. The molecule has 108 valence electrons. The number of benzene rings is 1. The Hall–Kier alpha value is -1.47. The molecule has 7 heteroatoms.